The fourth-order valence-electron chi connectivity index (χ4n) is 1.55. The zero-order valence-electron chi connectivity index (χ0n) is 10.9. The molecule has 0 aliphatic heterocycles. The van der Waals surface area contributed by atoms with Crippen LogP contribution in [0.5, 0.6) is 0 Å². The highest BCUT2D eigenvalue weighted by Crippen LogP contribution is 2.14. The van der Waals surface area contributed by atoms with E-state index in [1.54, 1.807) is 35.7 Å². The predicted octanol–water partition coefficient (Wildman–Crippen LogP) is 2.11. The second kappa shape index (κ2) is 7.04. The third-order valence-electron chi connectivity index (χ3n) is 2.57. The van der Waals surface area contributed by atoms with E-state index in [2.05, 4.69) is 10.0 Å². The summed E-state index contributed by atoms with van der Waals surface area (Å²) < 4.78 is 26.3. The smallest absolute Gasteiger partial charge is 0.251 e. The fourth-order valence-corrected chi connectivity index (χ4v) is 3.75. The third-order valence-corrected chi connectivity index (χ3v) is 5.68. The maximum atomic E-state index is 11.8. The SMILES string of the molecule is O=C(NCCNS(=O)(=O)c1cccs1)c1ccc(Cl)cc1. The molecule has 5 nitrogen and oxygen atoms in total. The first-order valence-electron chi connectivity index (χ1n) is 6.06. The van der Waals surface area contributed by atoms with Crippen molar-refractivity contribution in [2.45, 2.75) is 4.21 Å². The largest absolute Gasteiger partial charge is 0.351 e. The van der Waals surface area contributed by atoms with Gasteiger partial charge in [0.2, 0.25) is 10.0 Å². The molecule has 1 heterocycles. The van der Waals surface area contributed by atoms with Crippen LogP contribution < -0.4 is 10.0 Å². The van der Waals surface area contributed by atoms with Crippen LogP contribution in [0.2, 0.25) is 5.02 Å². The maximum Gasteiger partial charge on any atom is 0.251 e. The molecule has 2 N–H and O–H groups in total. The summed E-state index contributed by atoms with van der Waals surface area (Å²) in [5.41, 5.74) is 0.473. The molecule has 0 saturated heterocycles. The van der Waals surface area contributed by atoms with Crippen molar-refractivity contribution >= 4 is 38.9 Å². The Labute approximate surface area is 132 Å². The standard InChI is InChI=1S/C13H13ClN2O3S2/c14-11-5-3-10(4-6-11)13(17)15-7-8-16-21(18,19)12-2-1-9-20-12/h1-6,9,16H,7-8H2,(H,15,17). The second-order valence-electron chi connectivity index (χ2n) is 4.09. The normalized spacial score (nSPS) is 11.3. The maximum absolute atomic E-state index is 11.8. The van der Waals surface area contributed by atoms with E-state index in [1.807, 2.05) is 0 Å². The average Bonchev–Trinajstić information content (AvgIpc) is 2.99. The van der Waals surface area contributed by atoms with Crippen molar-refractivity contribution in [2.75, 3.05) is 13.1 Å². The lowest BCUT2D eigenvalue weighted by molar-refractivity contribution is 0.0954. The van der Waals surface area contributed by atoms with Crippen molar-refractivity contribution in [1.29, 1.82) is 0 Å². The molecule has 0 unspecified atom stereocenters. The summed E-state index contributed by atoms with van der Waals surface area (Å²) in [6, 6.07) is 9.65. The molecule has 0 saturated carbocycles. The van der Waals surface area contributed by atoms with Gasteiger partial charge in [-0.15, -0.1) is 11.3 Å². The predicted molar refractivity (Wildman–Crippen MR) is 83.3 cm³/mol. The van der Waals surface area contributed by atoms with Gasteiger partial charge in [0.25, 0.3) is 5.91 Å². The minimum Gasteiger partial charge on any atom is -0.351 e. The lowest BCUT2D eigenvalue weighted by Gasteiger charge is -2.07. The van der Waals surface area contributed by atoms with Crippen LogP contribution in [0.25, 0.3) is 0 Å². The molecule has 8 heteroatoms. The van der Waals surface area contributed by atoms with Crippen molar-refractivity contribution in [1.82, 2.24) is 10.0 Å². The summed E-state index contributed by atoms with van der Waals surface area (Å²) in [5.74, 6) is -0.276. The van der Waals surface area contributed by atoms with E-state index < -0.39 is 10.0 Å². The van der Waals surface area contributed by atoms with Gasteiger partial charge < -0.3 is 5.32 Å². The highest BCUT2D eigenvalue weighted by molar-refractivity contribution is 7.91. The molecule has 0 spiro atoms. The number of benzene rings is 1. The van der Waals surface area contributed by atoms with Crippen molar-refractivity contribution < 1.29 is 13.2 Å². The van der Waals surface area contributed by atoms with Crippen LogP contribution in [0.15, 0.2) is 46.0 Å². The van der Waals surface area contributed by atoms with Crippen LogP contribution in [0.4, 0.5) is 0 Å². The van der Waals surface area contributed by atoms with Crippen LogP contribution in [0.3, 0.4) is 0 Å². The lowest BCUT2D eigenvalue weighted by Crippen LogP contribution is -2.34. The fraction of sp³-hybridized carbons (Fsp3) is 0.154. The van der Waals surface area contributed by atoms with E-state index in [4.69, 9.17) is 11.6 Å². The number of carbonyl (C=O) groups is 1. The second-order valence-corrected chi connectivity index (χ2v) is 7.47. The molecule has 112 valence electrons. The Bertz CT molecular complexity index is 698. The molecule has 0 radical (unpaired) electrons. The van der Waals surface area contributed by atoms with Gasteiger partial charge in [-0.05, 0) is 35.7 Å². The Kier molecular flexibility index (Phi) is 5.35. The average molecular weight is 345 g/mol. The van der Waals surface area contributed by atoms with E-state index in [0.29, 0.717) is 10.6 Å². The first-order valence-corrected chi connectivity index (χ1v) is 8.80. The molecule has 1 aromatic carbocycles. The van der Waals surface area contributed by atoms with Gasteiger partial charge in [0.1, 0.15) is 4.21 Å². The summed E-state index contributed by atoms with van der Waals surface area (Å²) >= 11 is 6.88. The number of halogens is 1. The van der Waals surface area contributed by atoms with E-state index >= 15 is 0 Å². The van der Waals surface area contributed by atoms with E-state index in [0.717, 1.165) is 11.3 Å². The summed E-state index contributed by atoms with van der Waals surface area (Å²) in [6.45, 7) is 0.325. The minimum absolute atomic E-state index is 0.125. The zero-order chi connectivity index (χ0) is 15.3. The topological polar surface area (TPSA) is 75.3 Å². The number of amides is 1. The third kappa shape index (κ3) is 4.53. The van der Waals surface area contributed by atoms with Gasteiger partial charge in [0.05, 0.1) is 0 Å². The van der Waals surface area contributed by atoms with Crippen LogP contribution in [0, 0.1) is 0 Å². The van der Waals surface area contributed by atoms with Crippen LogP contribution >= 0.6 is 22.9 Å². The van der Waals surface area contributed by atoms with Crippen LogP contribution in [-0.4, -0.2) is 27.4 Å². The molecule has 2 aromatic rings. The Balaban J connectivity index is 1.80. The van der Waals surface area contributed by atoms with E-state index in [1.165, 1.54) is 6.07 Å². The van der Waals surface area contributed by atoms with Crippen molar-refractivity contribution in [3.63, 3.8) is 0 Å². The summed E-state index contributed by atoms with van der Waals surface area (Å²) in [6.07, 6.45) is 0. The number of rotatable bonds is 6. The Morgan fingerprint density at radius 3 is 2.48 bits per heavy atom. The van der Waals surface area contributed by atoms with Crippen LogP contribution in [-0.2, 0) is 10.0 Å². The van der Waals surface area contributed by atoms with Gasteiger partial charge >= 0.3 is 0 Å². The number of thiophene rings is 1. The molecule has 2 rings (SSSR count). The number of hydrogen-bond acceptors (Lipinski definition) is 4. The Morgan fingerprint density at radius 1 is 1.14 bits per heavy atom. The van der Waals surface area contributed by atoms with Gasteiger partial charge in [-0.3, -0.25) is 4.79 Å². The van der Waals surface area contributed by atoms with Crippen molar-refractivity contribution in [3.05, 3.63) is 52.4 Å². The van der Waals surface area contributed by atoms with E-state index in [9.17, 15) is 13.2 Å². The monoisotopic (exact) mass is 344 g/mol. The molecule has 0 bridgehead atoms. The van der Waals surface area contributed by atoms with Gasteiger partial charge in [0.15, 0.2) is 0 Å². The quantitative estimate of drug-likeness (QED) is 0.788. The van der Waals surface area contributed by atoms with Gasteiger partial charge in [-0.25, -0.2) is 13.1 Å². The van der Waals surface area contributed by atoms with Gasteiger partial charge in [-0.1, -0.05) is 17.7 Å². The number of carbonyl (C=O) groups excluding carboxylic acids is 1. The highest BCUT2D eigenvalue weighted by atomic mass is 35.5. The Hall–Kier alpha value is -1.41. The molecular formula is C13H13ClN2O3S2. The molecule has 0 fully saturated rings. The zero-order valence-corrected chi connectivity index (χ0v) is 13.3. The van der Waals surface area contributed by atoms with Crippen LogP contribution in [0.1, 0.15) is 10.4 Å². The first kappa shape index (κ1) is 16.0. The van der Waals surface area contributed by atoms with Gasteiger partial charge in [-0.2, -0.15) is 0 Å². The summed E-state index contributed by atoms with van der Waals surface area (Å²) in [5, 5.41) is 4.87. The van der Waals surface area contributed by atoms with Crippen molar-refractivity contribution in [2.24, 2.45) is 0 Å². The summed E-state index contributed by atoms with van der Waals surface area (Å²) in [4.78, 5) is 11.8. The molecule has 21 heavy (non-hydrogen) atoms. The number of hydrogen-bond donors (Lipinski definition) is 2. The molecule has 1 amide bonds. The number of sulfonamides is 1. The molecular weight excluding hydrogens is 332 g/mol. The molecule has 0 aliphatic rings. The van der Waals surface area contributed by atoms with Crippen molar-refractivity contribution in [3.8, 4) is 0 Å². The number of nitrogens with one attached hydrogen (secondary N) is 2. The first-order chi connectivity index (χ1) is 9.99. The lowest BCUT2D eigenvalue weighted by atomic mass is 10.2. The summed E-state index contributed by atoms with van der Waals surface area (Å²) in [7, 11) is -3.49. The molecule has 1 aromatic heterocycles. The van der Waals surface area contributed by atoms with Gasteiger partial charge in [0, 0.05) is 23.7 Å². The highest BCUT2D eigenvalue weighted by Gasteiger charge is 2.14. The van der Waals surface area contributed by atoms with E-state index in [-0.39, 0.29) is 23.2 Å². The minimum atomic E-state index is -3.49. The molecule has 0 aliphatic carbocycles. The molecule has 0 atom stereocenters. The Morgan fingerprint density at radius 2 is 1.86 bits per heavy atom.